The Morgan fingerprint density at radius 1 is 0.875 bits per heavy atom. The molecule has 24 heavy (non-hydrogen) atoms. The van der Waals surface area contributed by atoms with Crippen molar-refractivity contribution in [3.8, 4) is 11.5 Å². The second kappa shape index (κ2) is 5.40. The van der Waals surface area contributed by atoms with Crippen LogP contribution < -0.4 is 9.47 Å². The molecule has 2 saturated heterocycles. The van der Waals surface area contributed by atoms with Crippen molar-refractivity contribution in [1.29, 1.82) is 0 Å². The van der Waals surface area contributed by atoms with Gasteiger partial charge in [0.05, 0.1) is 24.2 Å². The average Bonchev–Trinajstić information content (AvgIpc) is 3.52. The molecule has 0 spiro atoms. The lowest BCUT2D eigenvalue weighted by Gasteiger charge is -2.09. The zero-order chi connectivity index (χ0) is 16.1. The largest absolute Gasteiger partial charge is 0.489 e. The second-order valence-corrected chi connectivity index (χ2v) is 6.40. The maximum absolute atomic E-state index is 6.00. The van der Waals surface area contributed by atoms with E-state index in [1.807, 2.05) is 24.3 Å². The number of ether oxygens (including phenoxy) is 4. The molecule has 2 aliphatic heterocycles. The summed E-state index contributed by atoms with van der Waals surface area (Å²) in [5.74, 6) is 1.77. The smallest absolute Gasteiger partial charge is 0.143 e. The molecule has 2 atom stereocenters. The van der Waals surface area contributed by atoms with Gasteiger partial charge in [-0.25, -0.2) is 0 Å². The predicted molar refractivity (Wildman–Crippen MR) is 90.9 cm³/mol. The van der Waals surface area contributed by atoms with E-state index >= 15 is 0 Å². The van der Waals surface area contributed by atoms with E-state index in [1.165, 1.54) is 10.8 Å². The summed E-state index contributed by atoms with van der Waals surface area (Å²) in [4.78, 5) is 0. The standard InChI is InChI=1S/C19H19NO4/c1-20-18-14(4-2-6-16(18)23-10-12-8-21-12)15-5-3-7-17(19(15)20)24-11-13-9-22-13/h2-7,12-13H,8-11H2,1H3. The number of aryl methyl sites for hydroxylation is 1. The molecule has 0 radical (unpaired) electrons. The highest BCUT2D eigenvalue weighted by Crippen LogP contribution is 2.38. The first kappa shape index (κ1) is 14.1. The van der Waals surface area contributed by atoms with Gasteiger partial charge in [-0.1, -0.05) is 24.3 Å². The van der Waals surface area contributed by atoms with Gasteiger partial charge in [0.1, 0.15) is 36.9 Å². The number of hydrogen-bond donors (Lipinski definition) is 0. The summed E-state index contributed by atoms with van der Waals surface area (Å²) < 4.78 is 24.6. The minimum atomic E-state index is 0.243. The fourth-order valence-corrected chi connectivity index (χ4v) is 3.21. The zero-order valence-electron chi connectivity index (χ0n) is 13.5. The van der Waals surface area contributed by atoms with Crippen LogP contribution in [0.4, 0.5) is 0 Å². The number of nitrogens with zero attached hydrogens (tertiary/aromatic N) is 1. The maximum atomic E-state index is 6.00. The van der Waals surface area contributed by atoms with Crippen LogP contribution in [0, 0.1) is 0 Å². The number of hydrogen-bond acceptors (Lipinski definition) is 4. The Bertz CT molecular complexity index is 835. The van der Waals surface area contributed by atoms with E-state index in [1.54, 1.807) is 0 Å². The molecule has 3 heterocycles. The van der Waals surface area contributed by atoms with Crippen molar-refractivity contribution in [3.05, 3.63) is 36.4 Å². The third-order valence-electron chi connectivity index (χ3n) is 4.61. The van der Waals surface area contributed by atoms with Crippen LogP contribution in [0.5, 0.6) is 11.5 Å². The molecule has 1 aromatic heterocycles. The van der Waals surface area contributed by atoms with Gasteiger partial charge in [0.2, 0.25) is 0 Å². The van der Waals surface area contributed by atoms with Gasteiger partial charge in [-0.2, -0.15) is 0 Å². The van der Waals surface area contributed by atoms with Gasteiger partial charge in [0.15, 0.2) is 0 Å². The van der Waals surface area contributed by atoms with Gasteiger partial charge < -0.3 is 23.5 Å². The Hall–Kier alpha value is -2.24. The number of aromatic nitrogens is 1. The van der Waals surface area contributed by atoms with Crippen molar-refractivity contribution >= 4 is 21.8 Å². The molecular weight excluding hydrogens is 306 g/mol. The van der Waals surface area contributed by atoms with E-state index in [-0.39, 0.29) is 12.2 Å². The minimum absolute atomic E-state index is 0.243. The molecule has 0 bridgehead atoms. The van der Waals surface area contributed by atoms with Gasteiger partial charge in [0.25, 0.3) is 0 Å². The molecule has 5 rings (SSSR count). The van der Waals surface area contributed by atoms with Crippen LogP contribution in [0.15, 0.2) is 36.4 Å². The lowest BCUT2D eigenvalue weighted by atomic mass is 10.1. The SMILES string of the molecule is Cn1c2c(OCC3CO3)cccc2c2cccc(OCC3CO3)c21. The van der Waals surface area contributed by atoms with Crippen molar-refractivity contribution in [2.75, 3.05) is 26.4 Å². The summed E-state index contributed by atoms with van der Waals surface area (Å²) in [7, 11) is 2.06. The van der Waals surface area contributed by atoms with Crippen molar-refractivity contribution in [2.24, 2.45) is 7.05 Å². The summed E-state index contributed by atoms with van der Waals surface area (Å²) in [5.41, 5.74) is 2.18. The summed E-state index contributed by atoms with van der Waals surface area (Å²) in [6, 6.07) is 12.4. The van der Waals surface area contributed by atoms with E-state index in [0.29, 0.717) is 13.2 Å². The van der Waals surface area contributed by atoms with Crippen LogP contribution in [-0.4, -0.2) is 43.2 Å². The van der Waals surface area contributed by atoms with Crippen LogP contribution in [-0.2, 0) is 16.5 Å². The van der Waals surface area contributed by atoms with Crippen LogP contribution in [0.3, 0.4) is 0 Å². The van der Waals surface area contributed by atoms with E-state index < -0.39 is 0 Å². The first-order valence-corrected chi connectivity index (χ1v) is 8.30. The quantitative estimate of drug-likeness (QED) is 0.654. The number of epoxide rings is 2. The lowest BCUT2D eigenvalue weighted by Crippen LogP contribution is -2.06. The molecule has 0 N–H and O–H groups in total. The summed E-state index contributed by atoms with van der Waals surface area (Å²) in [6.07, 6.45) is 0.486. The van der Waals surface area contributed by atoms with Crippen LogP contribution in [0.2, 0.25) is 0 Å². The van der Waals surface area contributed by atoms with Crippen LogP contribution in [0.1, 0.15) is 0 Å². The third-order valence-corrected chi connectivity index (χ3v) is 4.61. The van der Waals surface area contributed by atoms with Crippen molar-refractivity contribution in [1.82, 2.24) is 4.57 Å². The highest BCUT2D eigenvalue weighted by Gasteiger charge is 2.25. The molecule has 2 unspecified atom stereocenters. The monoisotopic (exact) mass is 325 g/mol. The normalized spacial score (nSPS) is 22.0. The van der Waals surface area contributed by atoms with Gasteiger partial charge in [-0.3, -0.25) is 0 Å². The zero-order valence-corrected chi connectivity index (χ0v) is 13.5. The molecule has 5 heteroatoms. The minimum Gasteiger partial charge on any atom is -0.489 e. The molecule has 5 nitrogen and oxygen atoms in total. The van der Waals surface area contributed by atoms with Gasteiger partial charge in [0, 0.05) is 17.8 Å². The lowest BCUT2D eigenvalue weighted by molar-refractivity contribution is 0.264. The maximum Gasteiger partial charge on any atom is 0.143 e. The van der Waals surface area contributed by atoms with Crippen LogP contribution >= 0.6 is 0 Å². The number of fused-ring (bicyclic) bond motifs is 3. The molecule has 0 aliphatic carbocycles. The van der Waals surface area contributed by atoms with E-state index in [9.17, 15) is 0 Å². The fourth-order valence-electron chi connectivity index (χ4n) is 3.21. The first-order valence-electron chi connectivity index (χ1n) is 8.30. The second-order valence-electron chi connectivity index (χ2n) is 6.40. The molecule has 3 aromatic rings. The Morgan fingerprint density at radius 3 is 1.75 bits per heavy atom. The Kier molecular flexibility index (Phi) is 3.18. The van der Waals surface area contributed by atoms with Crippen molar-refractivity contribution in [2.45, 2.75) is 12.2 Å². The topological polar surface area (TPSA) is 48.5 Å². The molecule has 124 valence electrons. The molecule has 0 saturated carbocycles. The first-order chi connectivity index (χ1) is 11.8. The predicted octanol–water partition coefficient (Wildman–Crippen LogP) is 2.89. The van der Waals surface area contributed by atoms with Crippen LogP contribution in [0.25, 0.3) is 21.8 Å². The Balaban J connectivity index is 1.61. The van der Waals surface area contributed by atoms with Crippen molar-refractivity contribution in [3.63, 3.8) is 0 Å². The number of para-hydroxylation sites is 2. The van der Waals surface area contributed by atoms with Gasteiger partial charge in [-0.15, -0.1) is 0 Å². The Labute approximate surface area is 139 Å². The van der Waals surface area contributed by atoms with Gasteiger partial charge in [-0.05, 0) is 12.1 Å². The Morgan fingerprint density at radius 2 is 1.33 bits per heavy atom. The highest BCUT2D eigenvalue weighted by molar-refractivity contribution is 6.11. The molecular formula is C19H19NO4. The molecule has 2 aromatic carbocycles. The van der Waals surface area contributed by atoms with E-state index in [0.717, 1.165) is 35.7 Å². The van der Waals surface area contributed by atoms with Gasteiger partial charge >= 0.3 is 0 Å². The number of rotatable bonds is 6. The highest BCUT2D eigenvalue weighted by atomic mass is 16.6. The molecule has 2 fully saturated rings. The summed E-state index contributed by atoms with van der Waals surface area (Å²) in [6.45, 7) is 2.80. The summed E-state index contributed by atoms with van der Waals surface area (Å²) in [5, 5.41) is 2.35. The number of benzene rings is 2. The fraction of sp³-hybridized carbons (Fsp3) is 0.368. The van der Waals surface area contributed by atoms with E-state index in [4.69, 9.17) is 18.9 Å². The van der Waals surface area contributed by atoms with E-state index in [2.05, 4.69) is 23.7 Å². The molecule has 2 aliphatic rings. The molecule has 0 amide bonds. The summed E-state index contributed by atoms with van der Waals surface area (Å²) >= 11 is 0. The third kappa shape index (κ3) is 2.41. The average molecular weight is 325 g/mol. The van der Waals surface area contributed by atoms with Crippen molar-refractivity contribution < 1.29 is 18.9 Å².